The summed E-state index contributed by atoms with van der Waals surface area (Å²) in [6, 6.07) is 0. The van der Waals surface area contributed by atoms with Gasteiger partial charge in [-0.15, -0.1) is 0 Å². The van der Waals surface area contributed by atoms with E-state index in [1.165, 1.54) is 0 Å². The number of hydrogen-bond donors (Lipinski definition) is 2. The average Bonchev–Trinajstić information content (AvgIpc) is 2.26. The second kappa shape index (κ2) is 8.86. The van der Waals surface area contributed by atoms with Crippen molar-refractivity contribution in [1.82, 2.24) is 4.90 Å². The lowest BCUT2D eigenvalue weighted by atomic mass is 9.93. The van der Waals surface area contributed by atoms with Crippen molar-refractivity contribution in [2.45, 2.75) is 53.2 Å². The van der Waals surface area contributed by atoms with Gasteiger partial charge >= 0.3 is 0 Å². The highest BCUT2D eigenvalue weighted by atomic mass is 16.5. The zero-order valence-corrected chi connectivity index (χ0v) is 12.8. The third kappa shape index (κ3) is 8.86. The quantitative estimate of drug-likeness (QED) is 0.624. The van der Waals surface area contributed by atoms with Gasteiger partial charge in [0, 0.05) is 13.1 Å². The Hall–Kier alpha value is -0.160. The lowest BCUT2D eigenvalue weighted by Crippen LogP contribution is -2.43. The van der Waals surface area contributed by atoms with Gasteiger partial charge in [0.2, 0.25) is 0 Å². The van der Waals surface area contributed by atoms with E-state index < -0.39 is 6.10 Å². The van der Waals surface area contributed by atoms with E-state index >= 15 is 0 Å². The topological polar surface area (TPSA) is 58.7 Å². The molecule has 0 saturated heterocycles. The molecule has 0 aliphatic heterocycles. The van der Waals surface area contributed by atoms with Gasteiger partial charge in [-0.1, -0.05) is 20.8 Å². The van der Waals surface area contributed by atoms with Crippen LogP contribution in [-0.4, -0.2) is 55.0 Å². The van der Waals surface area contributed by atoms with Gasteiger partial charge in [0.15, 0.2) is 0 Å². The van der Waals surface area contributed by atoms with Crippen LogP contribution in [0.1, 0.15) is 41.0 Å². The highest BCUT2D eigenvalue weighted by Crippen LogP contribution is 2.15. The van der Waals surface area contributed by atoms with Crippen LogP contribution in [0.4, 0.5) is 0 Å². The molecule has 0 aliphatic rings. The molecule has 1 unspecified atom stereocenters. The van der Waals surface area contributed by atoms with Gasteiger partial charge in [0.25, 0.3) is 0 Å². The maximum atomic E-state index is 9.97. The van der Waals surface area contributed by atoms with Gasteiger partial charge < -0.3 is 20.5 Å². The summed E-state index contributed by atoms with van der Waals surface area (Å²) in [6.45, 7) is 14.1. The molecule has 0 spiro atoms. The third-order valence-corrected chi connectivity index (χ3v) is 2.83. The van der Waals surface area contributed by atoms with Crippen molar-refractivity contribution >= 4 is 0 Å². The Bertz CT molecular complexity index is 208. The number of nitrogens with zero attached hydrogens (tertiary/aromatic N) is 1. The summed E-state index contributed by atoms with van der Waals surface area (Å²) < 4.78 is 5.44. The average molecular weight is 260 g/mol. The largest absolute Gasteiger partial charge is 0.389 e. The standard InChI is InChI=1S/C14H32N2O2/c1-6-7-16(11-14(4,5)10-15)8-13(17)9-18-12(2)3/h12-13,17H,6-11,15H2,1-5H3. The van der Waals surface area contributed by atoms with Crippen LogP contribution in [0.3, 0.4) is 0 Å². The number of aliphatic hydroxyl groups is 1. The fraction of sp³-hybridized carbons (Fsp3) is 1.00. The molecule has 0 bridgehead atoms. The van der Waals surface area contributed by atoms with Crippen LogP contribution >= 0.6 is 0 Å². The number of rotatable bonds is 10. The van der Waals surface area contributed by atoms with Crippen LogP contribution < -0.4 is 5.73 Å². The minimum absolute atomic E-state index is 0.0911. The van der Waals surface area contributed by atoms with E-state index in [1.807, 2.05) is 13.8 Å². The highest BCUT2D eigenvalue weighted by molar-refractivity contribution is 4.76. The smallest absolute Gasteiger partial charge is 0.0900 e. The molecular formula is C14H32N2O2. The minimum atomic E-state index is -0.424. The third-order valence-electron chi connectivity index (χ3n) is 2.83. The fourth-order valence-corrected chi connectivity index (χ4v) is 1.88. The Labute approximate surface area is 112 Å². The Morgan fingerprint density at radius 2 is 1.94 bits per heavy atom. The summed E-state index contributed by atoms with van der Waals surface area (Å²) in [6.07, 6.45) is 0.825. The number of aliphatic hydroxyl groups excluding tert-OH is 1. The molecule has 18 heavy (non-hydrogen) atoms. The first-order valence-electron chi connectivity index (χ1n) is 7.02. The van der Waals surface area contributed by atoms with Crippen LogP contribution in [0.5, 0.6) is 0 Å². The molecule has 0 saturated carbocycles. The second-order valence-electron chi connectivity index (χ2n) is 6.14. The molecule has 3 N–H and O–H groups in total. The van der Waals surface area contributed by atoms with E-state index in [1.54, 1.807) is 0 Å². The zero-order valence-electron chi connectivity index (χ0n) is 12.8. The van der Waals surface area contributed by atoms with Crippen LogP contribution in [0.25, 0.3) is 0 Å². The van der Waals surface area contributed by atoms with E-state index in [2.05, 4.69) is 25.7 Å². The first-order chi connectivity index (χ1) is 8.30. The van der Waals surface area contributed by atoms with Gasteiger partial charge in [-0.2, -0.15) is 0 Å². The Morgan fingerprint density at radius 1 is 1.33 bits per heavy atom. The van der Waals surface area contributed by atoms with Gasteiger partial charge in [-0.25, -0.2) is 0 Å². The monoisotopic (exact) mass is 260 g/mol. The number of ether oxygens (including phenoxy) is 1. The van der Waals surface area contributed by atoms with Crippen molar-refractivity contribution in [2.75, 3.05) is 32.8 Å². The van der Waals surface area contributed by atoms with Crippen LogP contribution in [0.15, 0.2) is 0 Å². The summed E-state index contributed by atoms with van der Waals surface area (Å²) in [4.78, 5) is 2.28. The summed E-state index contributed by atoms with van der Waals surface area (Å²) in [5.41, 5.74) is 5.86. The maximum absolute atomic E-state index is 9.97. The molecule has 110 valence electrons. The molecule has 0 fully saturated rings. The normalized spacial score (nSPS) is 14.5. The van der Waals surface area contributed by atoms with Crippen molar-refractivity contribution in [3.8, 4) is 0 Å². The van der Waals surface area contributed by atoms with E-state index in [0.717, 1.165) is 19.5 Å². The predicted molar refractivity (Wildman–Crippen MR) is 76.7 cm³/mol. The van der Waals surface area contributed by atoms with E-state index in [4.69, 9.17) is 10.5 Å². The number of nitrogens with two attached hydrogens (primary N) is 1. The number of hydrogen-bond acceptors (Lipinski definition) is 4. The Morgan fingerprint density at radius 3 is 2.39 bits per heavy atom. The summed E-state index contributed by atoms with van der Waals surface area (Å²) >= 11 is 0. The van der Waals surface area contributed by atoms with Crippen molar-refractivity contribution in [3.05, 3.63) is 0 Å². The predicted octanol–water partition coefficient (Wildman–Crippen LogP) is 1.47. The van der Waals surface area contributed by atoms with Crippen LogP contribution in [-0.2, 0) is 4.74 Å². The van der Waals surface area contributed by atoms with Gasteiger partial charge in [-0.3, -0.25) is 0 Å². The van der Waals surface area contributed by atoms with Crippen molar-refractivity contribution in [1.29, 1.82) is 0 Å². The second-order valence-corrected chi connectivity index (χ2v) is 6.14. The SMILES string of the molecule is CCCN(CC(O)COC(C)C)CC(C)(C)CN. The lowest BCUT2D eigenvalue weighted by molar-refractivity contribution is -0.0123. The molecule has 0 heterocycles. The highest BCUT2D eigenvalue weighted by Gasteiger charge is 2.21. The molecule has 1 atom stereocenters. The molecule has 0 aromatic heterocycles. The van der Waals surface area contributed by atoms with Gasteiger partial charge in [-0.05, 0) is 38.8 Å². The maximum Gasteiger partial charge on any atom is 0.0900 e. The molecule has 0 aromatic rings. The van der Waals surface area contributed by atoms with E-state index in [-0.39, 0.29) is 11.5 Å². The molecule has 4 nitrogen and oxygen atoms in total. The summed E-state index contributed by atoms with van der Waals surface area (Å²) in [5, 5.41) is 9.97. The van der Waals surface area contributed by atoms with E-state index in [0.29, 0.717) is 19.7 Å². The Balaban J connectivity index is 4.17. The molecule has 0 aromatic carbocycles. The van der Waals surface area contributed by atoms with Crippen LogP contribution in [0.2, 0.25) is 0 Å². The summed E-state index contributed by atoms with van der Waals surface area (Å²) in [5.74, 6) is 0. The molecule has 0 rings (SSSR count). The van der Waals surface area contributed by atoms with Crippen molar-refractivity contribution in [2.24, 2.45) is 11.1 Å². The molecular weight excluding hydrogens is 228 g/mol. The Kier molecular flexibility index (Phi) is 8.78. The molecule has 0 radical (unpaired) electrons. The van der Waals surface area contributed by atoms with Gasteiger partial charge in [0.1, 0.15) is 0 Å². The van der Waals surface area contributed by atoms with Gasteiger partial charge in [0.05, 0.1) is 18.8 Å². The molecule has 0 amide bonds. The minimum Gasteiger partial charge on any atom is -0.389 e. The zero-order chi connectivity index (χ0) is 14.2. The first-order valence-corrected chi connectivity index (χ1v) is 7.02. The van der Waals surface area contributed by atoms with Crippen LogP contribution in [0, 0.1) is 5.41 Å². The van der Waals surface area contributed by atoms with E-state index in [9.17, 15) is 5.11 Å². The van der Waals surface area contributed by atoms with Crippen molar-refractivity contribution < 1.29 is 9.84 Å². The molecule has 0 aliphatic carbocycles. The first kappa shape index (κ1) is 17.8. The van der Waals surface area contributed by atoms with Crippen molar-refractivity contribution in [3.63, 3.8) is 0 Å². The lowest BCUT2D eigenvalue weighted by Gasteiger charge is -2.33. The fourth-order valence-electron chi connectivity index (χ4n) is 1.88. The molecule has 4 heteroatoms. The summed E-state index contributed by atoms with van der Waals surface area (Å²) in [7, 11) is 0.